The molecule has 0 saturated carbocycles. The Morgan fingerprint density at radius 3 is 2.39 bits per heavy atom. The van der Waals surface area contributed by atoms with Crippen LogP contribution in [0.25, 0.3) is 0 Å². The van der Waals surface area contributed by atoms with Crippen LogP contribution in [0.5, 0.6) is 5.75 Å². The first-order valence-corrected chi connectivity index (χ1v) is 8.17. The van der Waals surface area contributed by atoms with Crippen LogP contribution in [-0.2, 0) is 11.2 Å². The highest BCUT2D eigenvalue weighted by atomic mass is 16.5. The number of aryl methyl sites for hydroxylation is 3. The molecule has 0 aromatic heterocycles. The normalized spacial score (nSPS) is 11.8. The van der Waals surface area contributed by atoms with E-state index in [2.05, 4.69) is 12.2 Å². The topological polar surface area (TPSA) is 38.3 Å². The zero-order valence-corrected chi connectivity index (χ0v) is 14.3. The molecule has 0 aliphatic rings. The minimum Gasteiger partial charge on any atom is -0.481 e. The van der Waals surface area contributed by atoms with Gasteiger partial charge in [-0.2, -0.15) is 0 Å². The van der Waals surface area contributed by atoms with E-state index < -0.39 is 6.10 Å². The summed E-state index contributed by atoms with van der Waals surface area (Å²) in [5.74, 6) is 0.621. The number of amides is 1. The predicted molar refractivity (Wildman–Crippen MR) is 95.1 cm³/mol. The van der Waals surface area contributed by atoms with Crippen LogP contribution in [0.3, 0.4) is 0 Å². The highest BCUT2D eigenvalue weighted by molar-refractivity contribution is 5.95. The van der Waals surface area contributed by atoms with Crippen molar-refractivity contribution in [3.05, 3.63) is 59.2 Å². The van der Waals surface area contributed by atoms with E-state index in [1.807, 2.05) is 63.2 Å². The molecule has 0 aliphatic heterocycles. The lowest BCUT2D eigenvalue weighted by molar-refractivity contribution is -0.122. The van der Waals surface area contributed by atoms with Gasteiger partial charge in [-0.05, 0) is 49.9 Å². The SMILES string of the molecule is CCc1cccc(C)c1NC(=O)C(CC)Oc1ccc(C)cc1. The molecule has 0 bridgehead atoms. The average Bonchev–Trinajstić information content (AvgIpc) is 2.56. The minimum absolute atomic E-state index is 0.0999. The third-order valence-electron chi connectivity index (χ3n) is 3.95. The summed E-state index contributed by atoms with van der Waals surface area (Å²) in [6.07, 6.45) is 1.00. The highest BCUT2D eigenvalue weighted by Crippen LogP contribution is 2.22. The molecule has 23 heavy (non-hydrogen) atoms. The Hall–Kier alpha value is -2.29. The number of carbonyl (C=O) groups is 1. The summed E-state index contributed by atoms with van der Waals surface area (Å²) >= 11 is 0. The number of hydrogen-bond donors (Lipinski definition) is 1. The van der Waals surface area contributed by atoms with Crippen LogP contribution in [0, 0.1) is 13.8 Å². The number of nitrogens with one attached hydrogen (secondary N) is 1. The summed E-state index contributed by atoms with van der Waals surface area (Å²) in [5.41, 5.74) is 4.29. The molecular formula is C20H25NO2. The molecule has 0 spiro atoms. The second kappa shape index (κ2) is 7.82. The molecule has 2 rings (SSSR count). The Labute approximate surface area is 138 Å². The lowest BCUT2D eigenvalue weighted by Crippen LogP contribution is -2.33. The Morgan fingerprint density at radius 2 is 1.78 bits per heavy atom. The largest absolute Gasteiger partial charge is 0.481 e. The van der Waals surface area contributed by atoms with E-state index in [9.17, 15) is 4.79 Å². The van der Waals surface area contributed by atoms with Gasteiger partial charge in [0.15, 0.2) is 6.10 Å². The highest BCUT2D eigenvalue weighted by Gasteiger charge is 2.20. The van der Waals surface area contributed by atoms with Crippen molar-refractivity contribution in [3.8, 4) is 5.75 Å². The zero-order valence-electron chi connectivity index (χ0n) is 14.3. The van der Waals surface area contributed by atoms with Crippen LogP contribution >= 0.6 is 0 Å². The van der Waals surface area contributed by atoms with Gasteiger partial charge in [0.25, 0.3) is 5.91 Å². The number of anilines is 1. The molecule has 0 aliphatic carbocycles. The second-order valence-electron chi connectivity index (χ2n) is 5.78. The summed E-state index contributed by atoms with van der Waals surface area (Å²) in [7, 11) is 0. The van der Waals surface area contributed by atoms with Gasteiger partial charge in [-0.15, -0.1) is 0 Å². The maximum Gasteiger partial charge on any atom is 0.265 e. The van der Waals surface area contributed by atoms with Crippen LogP contribution in [0.15, 0.2) is 42.5 Å². The van der Waals surface area contributed by atoms with E-state index in [4.69, 9.17) is 4.74 Å². The van der Waals surface area contributed by atoms with Crippen molar-refractivity contribution in [2.24, 2.45) is 0 Å². The fraction of sp³-hybridized carbons (Fsp3) is 0.350. The first kappa shape index (κ1) is 17.1. The van der Waals surface area contributed by atoms with Crippen LogP contribution in [0.4, 0.5) is 5.69 Å². The molecule has 122 valence electrons. The Morgan fingerprint density at radius 1 is 1.09 bits per heavy atom. The molecule has 2 aromatic carbocycles. The number of ether oxygens (including phenoxy) is 1. The van der Waals surface area contributed by atoms with Gasteiger partial charge in [0, 0.05) is 5.69 Å². The summed E-state index contributed by atoms with van der Waals surface area (Å²) in [5, 5.41) is 3.05. The van der Waals surface area contributed by atoms with E-state index in [-0.39, 0.29) is 5.91 Å². The average molecular weight is 311 g/mol. The van der Waals surface area contributed by atoms with Gasteiger partial charge in [-0.1, -0.05) is 49.7 Å². The minimum atomic E-state index is -0.498. The maximum absolute atomic E-state index is 12.6. The molecule has 3 heteroatoms. The van der Waals surface area contributed by atoms with E-state index in [0.29, 0.717) is 6.42 Å². The van der Waals surface area contributed by atoms with E-state index in [0.717, 1.165) is 29.0 Å². The number of hydrogen-bond acceptors (Lipinski definition) is 2. The van der Waals surface area contributed by atoms with Gasteiger partial charge < -0.3 is 10.1 Å². The van der Waals surface area contributed by atoms with Gasteiger partial charge in [0.05, 0.1) is 0 Å². The van der Waals surface area contributed by atoms with Gasteiger partial charge in [-0.3, -0.25) is 4.79 Å². The van der Waals surface area contributed by atoms with E-state index in [1.54, 1.807) is 0 Å². The Bertz CT molecular complexity index is 662. The second-order valence-corrected chi connectivity index (χ2v) is 5.78. The molecule has 1 atom stereocenters. The molecular weight excluding hydrogens is 286 g/mol. The van der Waals surface area contributed by atoms with Crippen LogP contribution in [0.1, 0.15) is 37.0 Å². The standard InChI is InChI=1S/C20H25NO2/c1-5-16-9-7-8-15(4)19(16)21-20(22)18(6-2)23-17-12-10-14(3)11-13-17/h7-13,18H,5-6H2,1-4H3,(H,21,22). The predicted octanol–water partition coefficient (Wildman–Crippen LogP) is 4.66. The van der Waals surface area contributed by atoms with Crippen molar-refractivity contribution in [2.75, 3.05) is 5.32 Å². The van der Waals surface area contributed by atoms with Crippen molar-refractivity contribution in [1.82, 2.24) is 0 Å². The Kier molecular flexibility index (Phi) is 5.80. The van der Waals surface area contributed by atoms with Crippen molar-refractivity contribution < 1.29 is 9.53 Å². The number of para-hydroxylation sites is 1. The first-order valence-electron chi connectivity index (χ1n) is 8.17. The molecule has 3 nitrogen and oxygen atoms in total. The van der Waals surface area contributed by atoms with Crippen LogP contribution in [-0.4, -0.2) is 12.0 Å². The van der Waals surface area contributed by atoms with Crippen molar-refractivity contribution in [3.63, 3.8) is 0 Å². The number of rotatable bonds is 6. The fourth-order valence-corrected chi connectivity index (χ4v) is 2.51. The molecule has 2 aromatic rings. The molecule has 0 saturated heterocycles. The molecule has 1 unspecified atom stereocenters. The summed E-state index contributed by atoms with van der Waals surface area (Å²) in [6.45, 7) is 8.08. The van der Waals surface area contributed by atoms with Crippen molar-refractivity contribution in [1.29, 1.82) is 0 Å². The maximum atomic E-state index is 12.6. The third-order valence-corrected chi connectivity index (χ3v) is 3.95. The van der Waals surface area contributed by atoms with Gasteiger partial charge in [-0.25, -0.2) is 0 Å². The summed E-state index contributed by atoms with van der Waals surface area (Å²) in [6, 6.07) is 13.8. The number of carbonyl (C=O) groups excluding carboxylic acids is 1. The lowest BCUT2D eigenvalue weighted by atomic mass is 10.1. The van der Waals surface area contributed by atoms with Gasteiger partial charge in [0.1, 0.15) is 5.75 Å². The molecule has 1 amide bonds. The fourth-order valence-electron chi connectivity index (χ4n) is 2.51. The van der Waals surface area contributed by atoms with E-state index in [1.165, 1.54) is 5.56 Å². The van der Waals surface area contributed by atoms with Crippen molar-refractivity contribution in [2.45, 2.75) is 46.6 Å². The van der Waals surface area contributed by atoms with Crippen LogP contribution < -0.4 is 10.1 Å². The van der Waals surface area contributed by atoms with Crippen molar-refractivity contribution >= 4 is 11.6 Å². The lowest BCUT2D eigenvalue weighted by Gasteiger charge is -2.19. The molecule has 0 radical (unpaired) electrons. The first-order chi connectivity index (χ1) is 11.0. The summed E-state index contributed by atoms with van der Waals surface area (Å²) < 4.78 is 5.85. The molecule has 0 fully saturated rings. The van der Waals surface area contributed by atoms with Gasteiger partial charge >= 0.3 is 0 Å². The van der Waals surface area contributed by atoms with Gasteiger partial charge in [0.2, 0.25) is 0 Å². The number of benzene rings is 2. The smallest absolute Gasteiger partial charge is 0.265 e. The molecule has 1 N–H and O–H groups in total. The monoisotopic (exact) mass is 311 g/mol. The molecule has 0 heterocycles. The summed E-state index contributed by atoms with van der Waals surface area (Å²) in [4.78, 5) is 12.6. The van der Waals surface area contributed by atoms with Crippen LogP contribution in [0.2, 0.25) is 0 Å². The third kappa shape index (κ3) is 4.35. The Balaban J connectivity index is 2.13. The zero-order chi connectivity index (χ0) is 16.8. The quantitative estimate of drug-likeness (QED) is 0.842. The van der Waals surface area contributed by atoms with E-state index >= 15 is 0 Å².